The summed E-state index contributed by atoms with van der Waals surface area (Å²) in [7, 11) is -3.26. The Morgan fingerprint density at radius 2 is 1.74 bits per heavy atom. The van der Waals surface area contributed by atoms with Crippen molar-refractivity contribution >= 4 is 32.5 Å². The highest BCUT2D eigenvalue weighted by Gasteiger charge is 2.12. The lowest BCUT2D eigenvalue weighted by Gasteiger charge is -2.08. The Labute approximate surface area is 139 Å². The van der Waals surface area contributed by atoms with Crippen LogP contribution >= 0.6 is 11.8 Å². The maximum Gasteiger partial charge on any atom is 0.175 e. The first-order valence-electron chi connectivity index (χ1n) is 7.04. The van der Waals surface area contributed by atoms with E-state index in [0.717, 1.165) is 20.8 Å². The molecule has 0 aliphatic heterocycles. The third-order valence-corrected chi connectivity index (χ3v) is 5.81. The second kappa shape index (κ2) is 5.94. The van der Waals surface area contributed by atoms with E-state index in [1.54, 1.807) is 18.2 Å². The number of fused-ring (bicyclic) bond motifs is 1. The van der Waals surface area contributed by atoms with Crippen molar-refractivity contribution in [3.8, 4) is 0 Å². The fraction of sp³-hybridized carbons (Fsp3) is 0.176. The van der Waals surface area contributed by atoms with Crippen molar-refractivity contribution in [3.05, 3.63) is 53.9 Å². The van der Waals surface area contributed by atoms with Crippen molar-refractivity contribution in [2.24, 2.45) is 0 Å². The summed E-state index contributed by atoms with van der Waals surface area (Å²) in [4.78, 5) is 9.90. The predicted octanol–water partition coefficient (Wildman–Crippen LogP) is 3.80. The van der Waals surface area contributed by atoms with E-state index < -0.39 is 9.84 Å². The summed E-state index contributed by atoms with van der Waals surface area (Å²) in [6.45, 7) is 4.14. The topological polar surface area (TPSA) is 59.9 Å². The van der Waals surface area contributed by atoms with Gasteiger partial charge in [0.05, 0.1) is 10.4 Å². The van der Waals surface area contributed by atoms with Gasteiger partial charge in [-0.25, -0.2) is 18.4 Å². The molecule has 0 saturated heterocycles. The zero-order valence-electron chi connectivity index (χ0n) is 13.1. The molecule has 1 heterocycles. The van der Waals surface area contributed by atoms with Crippen LogP contribution in [0.25, 0.3) is 10.9 Å². The van der Waals surface area contributed by atoms with Crippen molar-refractivity contribution in [1.29, 1.82) is 0 Å². The number of benzene rings is 2. The summed E-state index contributed by atoms with van der Waals surface area (Å²) in [5.41, 5.74) is 3.19. The van der Waals surface area contributed by atoms with E-state index in [-0.39, 0.29) is 4.90 Å². The first-order chi connectivity index (χ1) is 10.8. The Balaban J connectivity index is 2.11. The number of aryl methyl sites for hydroxylation is 2. The molecule has 0 unspecified atom stereocenters. The highest BCUT2D eigenvalue weighted by Crippen LogP contribution is 2.32. The molecule has 0 spiro atoms. The van der Waals surface area contributed by atoms with E-state index in [1.807, 2.05) is 6.07 Å². The van der Waals surface area contributed by atoms with E-state index in [0.29, 0.717) is 0 Å². The SMILES string of the molecule is Cc1ccc(Sc2ncnc3ccc(S(C)(=O)=O)cc23)cc1C. The summed E-state index contributed by atoms with van der Waals surface area (Å²) < 4.78 is 23.6. The van der Waals surface area contributed by atoms with E-state index in [1.165, 1.54) is 35.5 Å². The van der Waals surface area contributed by atoms with Gasteiger partial charge in [0.1, 0.15) is 11.4 Å². The summed E-state index contributed by atoms with van der Waals surface area (Å²) >= 11 is 1.51. The second-order valence-corrected chi connectivity index (χ2v) is 8.56. The van der Waals surface area contributed by atoms with Gasteiger partial charge in [-0.3, -0.25) is 0 Å². The van der Waals surface area contributed by atoms with Crippen LogP contribution in [-0.2, 0) is 9.84 Å². The largest absolute Gasteiger partial charge is 0.236 e. The first-order valence-corrected chi connectivity index (χ1v) is 9.75. The van der Waals surface area contributed by atoms with Gasteiger partial charge in [-0.05, 0) is 55.3 Å². The highest BCUT2D eigenvalue weighted by molar-refractivity contribution is 7.99. The summed E-state index contributed by atoms with van der Waals surface area (Å²) in [6, 6.07) is 11.2. The molecule has 4 nitrogen and oxygen atoms in total. The van der Waals surface area contributed by atoms with Crippen LogP contribution in [0.1, 0.15) is 11.1 Å². The molecule has 0 saturated carbocycles. The molecule has 0 bridgehead atoms. The molecular weight excluding hydrogens is 328 g/mol. The molecule has 0 N–H and O–H groups in total. The molecule has 0 aliphatic rings. The van der Waals surface area contributed by atoms with Gasteiger partial charge >= 0.3 is 0 Å². The van der Waals surface area contributed by atoms with Gasteiger partial charge < -0.3 is 0 Å². The number of hydrogen-bond donors (Lipinski definition) is 0. The third-order valence-electron chi connectivity index (χ3n) is 3.69. The minimum atomic E-state index is -3.26. The van der Waals surface area contributed by atoms with Crippen molar-refractivity contribution < 1.29 is 8.42 Å². The smallest absolute Gasteiger partial charge is 0.175 e. The number of aromatic nitrogens is 2. The molecule has 6 heteroatoms. The molecule has 2 aromatic carbocycles. The van der Waals surface area contributed by atoms with Crippen LogP contribution in [0.5, 0.6) is 0 Å². The second-order valence-electron chi connectivity index (χ2n) is 5.48. The maximum atomic E-state index is 11.8. The van der Waals surface area contributed by atoms with Crippen LogP contribution in [0, 0.1) is 13.8 Å². The third kappa shape index (κ3) is 3.38. The van der Waals surface area contributed by atoms with Crippen LogP contribution in [0.3, 0.4) is 0 Å². The Hall–Kier alpha value is -1.92. The minimum Gasteiger partial charge on any atom is -0.236 e. The van der Waals surface area contributed by atoms with Crippen LogP contribution in [0.15, 0.2) is 57.5 Å². The Kier molecular flexibility index (Phi) is 4.12. The van der Waals surface area contributed by atoms with Gasteiger partial charge in [-0.1, -0.05) is 17.8 Å². The molecular formula is C17H16N2O2S2. The molecule has 23 heavy (non-hydrogen) atoms. The van der Waals surface area contributed by atoms with Crippen molar-refractivity contribution in [3.63, 3.8) is 0 Å². The number of rotatable bonds is 3. The molecule has 1 aromatic heterocycles. The average molecular weight is 344 g/mol. The Bertz CT molecular complexity index is 999. The highest BCUT2D eigenvalue weighted by atomic mass is 32.2. The van der Waals surface area contributed by atoms with Crippen molar-refractivity contribution in [2.45, 2.75) is 28.7 Å². The molecule has 3 rings (SSSR count). The quantitative estimate of drug-likeness (QED) is 0.676. The van der Waals surface area contributed by atoms with E-state index in [9.17, 15) is 8.42 Å². The number of nitrogens with zero attached hydrogens (tertiary/aromatic N) is 2. The lowest BCUT2D eigenvalue weighted by atomic mass is 10.1. The zero-order valence-corrected chi connectivity index (χ0v) is 14.7. The average Bonchev–Trinajstić information content (AvgIpc) is 2.50. The normalized spacial score (nSPS) is 11.8. The molecule has 0 atom stereocenters. The van der Waals surface area contributed by atoms with Gasteiger partial charge in [0.2, 0.25) is 0 Å². The van der Waals surface area contributed by atoms with Gasteiger partial charge in [-0.2, -0.15) is 0 Å². The van der Waals surface area contributed by atoms with E-state index in [4.69, 9.17) is 0 Å². The van der Waals surface area contributed by atoms with Gasteiger partial charge in [0.25, 0.3) is 0 Å². The molecule has 0 amide bonds. The van der Waals surface area contributed by atoms with Crippen LogP contribution in [0.4, 0.5) is 0 Å². The standard InChI is InChI=1S/C17H16N2O2S2/c1-11-4-5-13(8-12(11)2)22-17-15-9-14(23(3,20)21)6-7-16(15)18-10-19-17/h4-10H,1-3H3. The Morgan fingerprint density at radius 1 is 0.957 bits per heavy atom. The lowest BCUT2D eigenvalue weighted by molar-refractivity contribution is 0.602. The van der Waals surface area contributed by atoms with Crippen LogP contribution < -0.4 is 0 Å². The van der Waals surface area contributed by atoms with Gasteiger partial charge in [0, 0.05) is 16.5 Å². The summed E-state index contributed by atoms with van der Waals surface area (Å²) in [6.07, 6.45) is 2.71. The van der Waals surface area contributed by atoms with Crippen molar-refractivity contribution in [1.82, 2.24) is 9.97 Å². The van der Waals surface area contributed by atoms with Gasteiger partial charge in [-0.15, -0.1) is 0 Å². The maximum absolute atomic E-state index is 11.8. The first kappa shape index (κ1) is 16.0. The van der Waals surface area contributed by atoms with Crippen LogP contribution in [0.2, 0.25) is 0 Å². The van der Waals surface area contributed by atoms with Crippen LogP contribution in [-0.4, -0.2) is 24.6 Å². The van der Waals surface area contributed by atoms with Crippen molar-refractivity contribution in [2.75, 3.05) is 6.26 Å². The minimum absolute atomic E-state index is 0.279. The summed E-state index contributed by atoms with van der Waals surface area (Å²) in [5, 5.41) is 1.50. The molecule has 3 aromatic rings. The van der Waals surface area contributed by atoms with Gasteiger partial charge in [0.15, 0.2) is 9.84 Å². The van der Waals surface area contributed by atoms with E-state index >= 15 is 0 Å². The molecule has 0 aliphatic carbocycles. The monoisotopic (exact) mass is 344 g/mol. The molecule has 118 valence electrons. The zero-order chi connectivity index (χ0) is 16.6. The fourth-order valence-electron chi connectivity index (χ4n) is 2.21. The molecule has 0 radical (unpaired) electrons. The summed E-state index contributed by atoms with van der Waals surface area (Å²) in [5.74, 6) is 0. The number of sulfone groups is 1. The number of hydrogen-bond acceptors (Lipinski definition) is 5. The fourth-order valence-corrected chi connectivity index (χ4v) is 3.83. The predicted molar refractivity (Wildman–Crippen MR) is 92.7 cm³/mol. The Morgan fingerprint density at radius 3 is 2.43 bits per heavy atom. The van der Waals surface area contributed by atoms with E-state index in [2.05, 4.69) is 35.9 Å². The lowest BCUT2D eigenvalue weighted by Crippen LogP contribution is -1.97. The molecule has 0 fully saturated rings.